The van der Waals surface area contributed by atoms with Crippen LogP contribution in [0.5, 0.6) is 0 Å². The highest BCUT2D eigenvalue weighted by Gasteiger charge is 2.27. The molecule has 0 aliphatic carbocycles. The standard InChI is InChI=1S/C22H20FN3O2S/c1-15-17(6-7-20(24-15)16-8-13-29-14-16)21(27)25-9-11-26(12-10-25)22(28)18-4-2-3-5-19(18)23/h2-8,13-14H,9-12H2,1H3. The molecule has 1 aliphatic heterocycles. The average Bonchev–Trinajstić information content (AvgIpc) is 3.28. The largest absolute Gasteiger partial charge is 0.335 e. The van der Waals surface area contributed by atoms with Crippen molar-refractivity contribution in [3.63, 3.8) is 0 Å². The molecule has 0 N–H and O–H groups in total. The molecule has 4 rings (SSSR count). The molecule has 0 unspecified atom stereocenters. The Labute approximate surface area is 172 Å². The number of rotatable bonds is 3. The summed E-state index contributed by atoms with van der Waals surface area (Å²) in [5, 5.41) is 4.02. The first-order chi connectivity index (χ1) is 14.0. The van der Waals surface area contributed by atoms with Gasteiger partial charge in [-0.05, 0) is 42.6 Å². The lowest BCUT2D eigenvalue weighted by atomic mass is 10.1. The van der Waals surface area contributed by atoms with Gasteiger partial charge in [0.15, 0.2) is 0 Å². The van der Waals surface area contributed by atoms with Crippen molar-refractivity contribution in [2.45, 2.75) is 6.92 Å². The van der Waals surface area contributed by atoms with Gasteiger partial charge in [0, 0.05) is 37.1 Å². The van der Waals surface area contributed by atoms with E-state index in [-0.39, 0.29) is 17.4 Å². The zero-order chi connectivity index (χ0) is 20.4. The summed E-state index contributed by atoms with van der Waals surface area (Å²) >= 11 is 1.60. The molecule has 1 aromatic carbocycles. The molecule has 3 heterocycles. The van der Waals surface area contributed by atoms with E-state index in [0.29, 0.717) is 37.4 Å². The number of halogens is 1. The summed E-state index contributed by atoms with van der Waals surface area (Å²) < 4.78 is 13.9. The molecule has 29 heavy (non-hydrogen) atoms. The zero-order valence-corrected chi connectivity index (χ0v) is 16.8. The van der Waals surface area contributed by atoms with Gasteiger partial charge in [0.25, 0.3) is 11.8 Å². The van der Waals surface area contributed by atoms with Crippen LogP contribution >= 0.6 is 11.3 Å². The van der Waals surface area contributed by atoms with E-state index in [2.05, 4.69) is 4.98 Å². The smallest absolute Gasteiger partial charge is 0.256 e. The van der Waals surface area contributed by atoms with E-state index >= 15 is 0 Å². The van der Waals surface area contributed by atoms with Crippen LogP contribution in [0.25, 0.3) is 11.3 Å². The van der Waals surface area contributed by atoms with Gasteiger partial charge in [0.2, 0.25) is 0 Å². The van der Waals surface area contributed by atoms with Gasteiger partial charge in [0.05, 0.1) is 22.5 Å². The van der Waals surface area contributed by atoms with Gasteiger partial charge in [-0.15, -0.1) is 0 Å². The lowest BCUT2D eigenvalue weighted by Gasteiger charge is -2.35. The number of hydrogen-bond donors (Lipinski definition) is 0. The third kappa shape index (κ3) is 3.91. The van der Waals surface area contributed by atoms with Crippen LogP contribution < -0.4 is 0 Å². The summed E-state index contributed by atoms with van der Waals surface area (Å²) in [5.74, 6) is -0.957. The van der Waals surface area contributed by atoms with Crippen molar-refractivity contribution >= 4 is 23.2 Å². The molecule has 0 saturated carbocycles. The minimum absolute atomic E-state index is 0.0661. The highest BCUT2D eigenvalue weighted by Crippen LogP contribution is 2.22. The van der Waals surface area contributed by atoms with Gasteiger partial charge < -0.3 is 9.80 Å². The number of carbonyl (C=O) groups is 2. The maximum Gasteiger partial charge on any atom is 0.256 e. The first-order valence-corrected chi connectivity index (χ1v) is 10.3. The van der Waals surface area contributed by atoms with E-state index in [1.165, 1.54) is 12.1 Å². The molecule has 0 atom stereocenters. The number of hydrogen-bond acceptors (Lipinski definition) is 4. The van der Waals surface area contributed by atoms with Gasteiger partial charge >= 0.3 is 0 Å². The van der Waals surface area contributed by atoms with Crippen molar-refractivity contribution in [3.8, 4) is 11.3 Å². The minimum Gasteiger partial charge on any atom is -0.335 e. The van der Waals surface area contributed by atoms with Gasteiger partial charge in [0.1, 0.15) is 5.82 Å². The summed E-state index contributed by atoms with van der Waals surface area (Å²) in [6.45, 7) is 3.40. The number of thiophene rings is 1. The van der Waals surface area contributed by atoms with Gasteiger partial charge in [-0.25, -0.2) is 4.39 Å². The highest BCUT2D eigenvalue weighted by atomic mass is 32.1. The maximum absolute atomic E-state index is 13.9. The Kier molecular flexibility index (Phi) is 5.40. The number of aryl methyl sites for hydroxylation is 1. The Hall–Kier alpha value is -3.06. The summed E-state index contributed by atoms with van der Waals surface area (Å²) in [4.78, 5) is 33.4. The Morgan fingerprint density at radius 2 is 1.59 bits per heavy atom. The normalized spacial score (nSPS) is 14.1. The fourth-order valence-electron chi connectivity index (χ4n) is 3.45. The third-order valence-electron chi connectivity index (χ3n) is 5.09. The van der Waals surface area contributed by atoms with Gasteiger partial charge in [-0.3, -0.25) is 14.6 Å². The number of benzene rings is 1. The Balaban J connectivity index is 1.43. The fraction of sp³-hybridized carbons (Fsp3) is 0.227. The van der Waals surface area contributed by atoms with Crippen LogP contribution in [0.4, 0.5) is 4.39 Å². The van der Waals surface area contributed by atoms with Crippen LogP contribution in [0.3, 0.4) is 0 Å². The highest BCUT2D eigenvalue weighted by molar-refractivity contribution is 7.08. The fourth-order valence-corrected chi connectivity index (χ4v) is 4.10. The molecular formula is C22H20FN3O2S. The monoisotopic (exact) mass is 409 g/mol. The number of carbonyl (C=O) groups excluding carboxylic acids is 2. The van der Waals surface area contributed by atoms with Crippen LogP contribution in [-0.4, -0.2) is 52.8 Å². The SMILES string of the molecule is Cc1nc(-c2ccsc2)ccc1C(=O)N1CCN(C(=O)c2ccccc2F)CC1. The first-order valence-electron chi connectivity index (χ1n) is 9.38. The zero-order valence-electron chi connectivity index (χ0n) is 16.0. The lowest BCUT2D eigenvalue weighted by molar-refractivity contribution is 0.0532. The number of piperazine rings is 1. The van der Waals surface area contributed by atoms with E-state index in [1.807, 2.05) is 35.9 Å². The second-order valence-corrected chi connectivity index (χ2v) is 7.69. The van der Waals surface area contributed by atoms with Crippen molar-refractivity contribution in [3.05, 3.63) is 75.9 Å². The topological polar surface area (TPSA) is 53.5 Å². The summed E-state index contributed by atoms with van der Waals surface area (Å²) in [5.41, 5.74) is 3.20. The minimum atomic E-state index is -0.525. The maximum atomic E-state index is 13.9. The predicted octanol–water partition coefficient (Wildman–Crippen LogP) is 3.86. The summed E-state index contributed by atoms with van der Waals surface area (Å²) in [7, 11) is 0. The van der Waals surface area contributed by atoms with E-state index < -0.39 is 5.82 Å². The molecule has 7 heteroatoms. The quantitative estimate of drug-likeness (QED) is 0.660. The predicted molar refractivity (Wildman–Crippen MR) is 110 cm³/mol. The molecule has 1 fully saturated rings. The second kappa shape index (κ2) is 8.13. The Morgan fingerprint density at radius 1 is 0.931 bits per heavy atom. The molecule has 1 aliphatic rings. The number of nitrogens with zero attached hydrogens (tertiary/aromatic N) is 3. The summed E-state index contributed by atoms with van der Waals surface area (Å²) in [6, 6.07) is 11.6. The van der Waals surface area contributed by atoms with E-state index in [1.54, 1.807) is 33.3 Å². The molecule has 148 valence electrons. The molecule has 5 nitrogen and oxygen atoms in total. The third-order valence-corrected chi connectivity index (χ3v) is 5.77. The van der Waals surface area contributed by atoms with Gasteiger partial charge in [-0.1, -0.05) is 12.1 Å². The van der Waals surface area contributed by atoms with Crippen molar-refractivity contribution in [1.29, 1.82) is 0 Å². The molecule has 0 bridgehead atoms. The molecule has 0 radical (unpaired) electrons. The van der Waals surface area contributed by atoms with E-state index in [4.69, 9.17) is 0 Å². The van der Waals surface area contributed by atoms with Crippen LogP contribution in [0.2, 0.25) is 0 Å². The summed E-state index contributed by atoms with van der Waals surface area (Å²) in [6.07, 6.45) is 0. The van der Waals surface area contributed by atoms with Crippen LogP contribution in [0.15, 0.2) is 53.2 Å². The molecule has 2 aromatic heterocycles. The number of aromatic nitrogens is 1. The number of amides is 2. The lowest BCUT2D eigenvalue weighted by Crippen LogP contribution is -2.50. The van der Waals surface area contributed by atoms with Crippen LogP contribution in [0.1, 0.15) is 26.4 Å². The van der Waals surface area contributed by atoms with E-state index in [0.717, 1.165) is 11.3 Å². The van der Waals surface area contributed by atoms with E-state index in [9.17, 15) is 14.0 Å². The Bertz CT molecular complexity index is 1040. The average molecular weight is 409 g/mol. The second-order valence-electron chi connectivity index (χ2n) is 6.91. The van der Waals surface area contributed by atoms with Crippen molar-refractivity contribution < 1.29 is 14.0 Å². The van der Waals surface area contributed by atoms with Gasteiger partial charge in [-0.2, -0.15) is 11.3 Å². The van der Waals surface area contributed by atoms with Crippen LogP contribution in [0, 0.1) is 12.7 Å². The van der Waals surface area contributed by atoms with Crippen LogP contribution in [-0.2, 0) is 0 Å². The van der Waals surface area contributed by atoms with Crippen molar-refractivity contribution in [2.24, 2.45) is 0 Å². The Morgan fingerprint density at radius 3 is 2.17 bits per heavy atom. The molecule has 0 spiro atoms. The molecular weight excluding hydrogens is 389 g/mol. The first kappa shape index (κ1) is 19.3. The molecule has 1 saturated heterocycles. The molecule has 3 aromatic rings. The number of pyridine rings is 1. The van der Waals surface area contributed by atoms with Crippen molar-refractivity contribution in [1.82, 2.24) is 14.8 Å². The molecule has 2 amide bonds. The van der Waals surface area contributed by atoms with Crippen molar-refractivity contribution in [2.75, 3.05) is 26.2 Å².